The van der Waals surface area contributed by atoms with E-state index in [2.05, 4.69) is 20.6 Å². The molecule has 1 amide bonds. The fraction of sp³-hybridized carbons (Fsp3) is 0.360. The second-order valence-corrected chi connectivity index (χ2v) is 9.26. The fourth-order valence-corrected chi connectivity index (χ4v) is 4.06. The normalized spacial score (nSPS) is 13.9. The summed E-state index contributed by atoms with van der Waals surface area (Å²) in [5.74, 6) is 0.377. The number of hydrogen-bond acceptors (Lipinski definition) is 7. The Morgan fingerprint density at radius 1 is 1.25 bits per heavy atom. The van der Waals surface area contributed by atoms with E-state index >= 15 is 0 Å². The highest BCUT2D eigenvalue weighted by Crippen LogP contribution is 2.38. The number of aryl methyl sites for hydroxylation is 1. The molecule has 1 aliphatic carbocycles. The summed E-state index contributed by atoms with van der Waals surface area (Å²) in [4.78, 5) is 17.1. The summed E-state index contributed by atoms with van der Waals surface area (Å²) in [6.45, 7) is 2.58. The number of carbonyl (C=O) groups excluding carboxylic acids is 1. The van der Waals surface area contributed by atoms with Crippen molar-refractivity contribution in [3.05, 3.63) is 59.5 Å². The van der Waals surface area contributed by atoms with Gasteiger partial charge in [-0.05, 0) is 62.9 Å². The molecule has 5 rings (SSSR count). The molecular formula is C25H25F2N5O4. The highest BCUT2D eigenvalue weighted by Gasteiger charge is 2.31. The summed E-state index contributed by atoms with van der Waals surface area (Å²) < 4.78 is 43.8. The average Bonchev–Trinajstić information content (AvgIpc) is 3.36. The monoisotopic (exact) mass is 497 g/mol. The molecule has 0 spiro atoms. The molecule has 3 heterocycles. The number of methoxy groups -OCH3 is 1. The van der Waals surface area contributed by atoms with Crippen LogP contribution in [0.15, 0.2) is 41.2 Å². The first kappa shape index (κ1) is 23.7. The van der Waals surface area contributed by atoms with Crippen molar-refractivity contribution in [2.45, 2.75) is 51.7 Å². The largest absolute Gasteiger partial charge is 0.496 e. The standard InChI is InChI=1S/C25H25F2N5O4/c1-13-29-23(36-31-13)25(2,3)15-5-8-18-17(11-28-32(18)12-15)14-9-19(34-4)21(20(10-14)35-24(26)27)22(33)30-16-6-7-16/h5,8-12,16,24H,6-7H2,1-4H3,(H,30,33). The van der Waals surface area contributed by atoms with Gasteiger partial charge in [0.25, 0.3) is 5.91 Å². The molecular weight excluding hydrogens is 472 g/mol. The van der Waals surface area contributed by atoms with Gasteiger partial charge in [0.1, 0.15) is 17.1 Å². The van der Waals surface area contributed by atoms with E-state index in [1.54, 1.807) is 23.7 Å². The maximum absolute atomic E-state index is 13.3. The molecule has 0 bridgehead atoms. The third-order valence-electron chi connectivity index (χ3n) is 6.25. The number of nitrogens with zero attached hydrogens (tertiary/aromatic N) is 4. The molecule has 0 radical (unpaired) electrons. The summed E-state index contributed by atoms with van der Waals surface area (Å²) in [5.41, 5.74) is 2.14. The third kappa shape index (κ3) is 4.36. The molecule has 11 heteroatoms. The maximum Gasteiger partial charge on any atom is 0.387 e. The topological polar surface area (TPSA) is 104 Å². The second kappa shape index (κ2) is 8.89. The van der Waals surface area contributed by atoms with Gasteiger partial charge in [-0.3, -0.25) is 4.79 Å². The van der Waals surface area contributed by atoms with Crippen molar-refractivity contribution in [1.29, 1.82) is 0 Å². The minimum absolute atomic E-state index is 0.0374. The molecule has 4 aromatic rings. The average molecular weight is 498 g/mol. The van der Waals surface area contributed by atoms with Gasteiger partial charge in [-0.15, -0.1) is 0 Å². The van der Waals surface area contributed by atoms with E-state index in [0.29, 0.717) is 22.8 Å². The van der Waals surface area contributed by atoms with Crippen molar-refractivity contribution in [3.8, 4) is 22.6 Å². The lowest BCUT2D eigenvalue weighted by molar-refractivity contribution is -0.0502. The van der Waals surface area contributed by atoms with E-state index in [4.69, 9.17) is 14.0 Å². The van der Waals surface area contributed by atoms with Crippen LogP contribution < -0.4 is 14.8 Å². The molecule has 0 saturated heterocycles. The van der Waals surface area contributed by atoms with Gasteiger partial charge in [0.15, 0.2) is 5.82 Å². The van der Waals surface area contributed by atoms with E-state index in [1.165, 1.54) is 13.2 Å². The minimum Gasteiger partial charge on any atom is -0.496 e. The van der Waals surface area contributed by atoms with Gasteiger partial charge in [-0.2, -0.15) is 18.9 Å². The molecule has 1 saturated carbocycles. The summed E-state index contributed by atoms with van der Waals surface area (Å²) in [5, 5.41) is 11.1. The Kier molecular flexibility index (Phi) is 5.85. The number of fused-ring (bicyclic) bond motifs is 1. The Labute approximate surface area is 205 Å². The number of rotatable bonds is 8. The Hall–Kier alpha value is -4.02. The van der Waals surface area contributed by atoms with Crippen LogP contribution in [0.5, 0.6) is 11.5 Å². The van der Waals surface area contributed by atoms with Crippen molar-refractivity contribution in [2.24, 2.45) is 0 Å². The van der Waals surface area contributed by atoms with Crippen molar-refractivity contribution in [1.82, 2.24) is 25.1 Å². The number of amides is 1. The molecule has 36 heavy (non-hydrogen) atoms. The lowest BCUT2D eigenvalue weighted by Gasteiger charge is -2.20. The van der Waals surface area contributed by atoms with E-state index < -0.39 is 17.9 Å². The van der Waals surface area contributed by atoms with Crippen molar-refractivity contribution < 1.29 is 27.6 Å². The third-order valence-corrected chi connectivity index (χ3v) is 6.25. The van der Waals surface area contributed by atoms with Crippen LogP contribution in [0.25, 0.3) is 16.6 Å². The van der Waals surface area contributed by atoms with Crippen LogP contribution in [-0.4, -0.2) is 45.4 Å². The van der Waals surface area contributed by atoms with Crippen molar-refractivity contribution in [2.75, 3.05) is 7.11 Å². The van der Waals surface area contributed by atoms with Crippen LogP contribution >= 0.6 is 0 Å². The van der Waals surface area contributed by atoms with E-state index in [0.717, 1.165) is 23.9 Å². The van der Waals surface area contributed by atoms with Crippen LogP contribution in [0.1, 0.15) is 54.3 Å². The van der Waals surface area contributed by atoms with Crippen LogP contribution in [0.2, 0.25) is 0 Å². The van der Waals surface area contributed by atoms with E-state index in [-0.39, 0.29) is 23.1 Å². The Morgan fingerprint density at radius 3 is 2.64 bits per heavy atom. The first-order valence-electron chi connectivity index (χ1n) is 11.4. The zero-order valence-corrected chi connectivity index (χ0v) is 20.2. The summed E-state index contributed by atoms with van der Waals surface area (Å²) in [6, 6.07) is 6.86. The summed E-state index contributed by atoms with van der Waals surface area (Å²) >= 11 is 0. The number of hydrogen-bond donors (Lipinski definition) is 1. The maximum atomic E-state index is 13.3. The van der Waals surface area contributed by atoms with Gasteiger partial charge in [-0.1, -0.05) is 11.2 Å². The highest BCUT2D eigenvalue weighted by atomic mass is 19.3. The Morgan fingerprint density at radius 2 is 2.00 bits per heavy atom. The number of pyridine rings is 1. The lowest BCUT2D eigenvalue weighted by Crippen LogP contribution is -2.26. The first-order valence-corrected chi connectivity index (χ1v) is 11.4. The predicted molar refractivity (Wildman–Crippen MR) is 125 cm³/mol. The molecule has 1 fully saturated rings. The fourth-order valence-electron chi connectivity index (χ4n) is 4.06. The summed E-state index contributed by atoms with van der Waals surface area (Å²) in [7, 11) is 1.38. The molecule has 0 unspecified atom stereocenters. The van der Waals surface area contributed by atoms with Gasteiger partial charge in [0.05, 0.1) is 24.2 Å². The van der Waals surface area contributed by atoms with Crippen LogP contribution in [0.3, 0.4) is 0 Å². The minimum atomic E-state index is -3.11. The summed E-state index contributed by atoms with van der Waals surface area (Å²) in [6.07, 6.45) is 5.17. The number of benzene rings is 1. The zero-order chi connectivity index (χ0) is 25.6. The van der Waals surface area contributed by atoms with Crippen molar-refractivity contribution >= 4 is 11.4 Å². The van der Waals surface area contributed by atoms with Gasteiger partial charge in [0.2, 0.25) is 5.89 Å². The number of ether oxygens (including phenoxy) is 2. The van der Waals surface area contributed by atoms with Gasteiger partial charge >= 0.3 is 6.61 Å². The quantitative estimate of drug-likeness (QED) is 0.382. The van der Waals surface area contributed by atoms with Crippen molar-refractivity contribution in [3.63, 3.8) is 0 Å². The molecule has 0 atom stereocenters. The first-order chi connectivity index (χ1) is 17.2. The Bertz CT molecular complexity index is 1440. The van der Waals surface area contributed by atoms with E-state index in [9.17, 15) is 13.6 Å². The van der Waals surface area contributed by atoms with Gasteiger partial charge in [-0.25, -0.2) is 4.52 Å². The molecule has 1 aromatic carbocycles. The number of aromatic nitrogens is 4. The van der Waals surface area contributed by atoms with Gasteiger partial charge in [0, 0.05) is 17.8 Å². The molecule has 188 valence electrons. The molecule has 0 aliphatic heterocycles. The highest BCUT2D eigenvalue weighted by molar-refractivity contribution is 6.01. The second-order valence-electron chi connectivity index (χ2n) is 9.26. The smallest absolute Gasteiger partial charge is 0.387 e. The molecule has 3 aromatic heterocycles. The van der Waals surface area contributed by atoms with Crippen LogP contribution in [0.4, 0.5) is 8.78 Å². The lowest BCUT2D eigenvalue weighted by atomic mass is 9.85. The number of carbonyl (C=O) groups is 1. The van der Waals surface area contributed by atoms with Crippen LogP contribution in [0, 0.1) is 6.92 Å². The molecule has 1 N–H and O–H groups in total. The zero-order valence-electron chi connectivity index (χ0n) is 20.2. The SMILES string of the molecule is COc1cc(-c2cnn3cc(C(C)(C)c4nc(C)no4)ccc23)cc(OC(F)F)c1C(=O)NC1CC1. The number of alkyl halides is 2. The number of nitrogens with one attached hydrogen (secondary N) is 1. The van der Waals surface area contributed by atoms with E-state index in [1.807, 2.05) is 32.2 Å². The molecule has 9 nitrogen and oxygen atoms in total. The Balaban J connectivity index is 1.57. The van der Waals surface area contributed by atoms with Gasteiger partial charge < -0.3 is 19.3 Å². The number of halogens is 2. The predicted octanol–water partition coefficient (Wildman–Crippen LogP) is 4.52. The molecule has 1 aliphatic rings. The van der Waals surface area contributed by atoms with Crippen LogP contribution in [-0.2, 0) is 5.41 Å².